The highest BCUT2D eigenvalue weighted by atomic mass is 32.2. The van der Waals surface area contributed by atoms with Crippen LogP contribution in [0.25, 0.3) is 0 Å². The standard InChI is InChI=1S/C13H22N4O2S/c1-12(2,13(3,4)19)15-10(18)7-20-11-16-14-8-17(11)9-5-6-9/h8-9,19H,5-7H2,1-4H3,(H,15,18). The number of amides is 1. The van der Waals surface area contributed by atoms with Crippen molar-refractivity contribution in [2.24, 2.45) is 0 Å². The maximum absolute atomic E-state index is 12.0. The second kappa shape index (κ2) is 5.37. The van der Waals surface area contributed by atoms with Crippen LogP contribution in [0, 0.1) is 0 Å². The van der Waals surface area contributed by atoms with Crippen molar-refractivity contribution in [1.82, 2.24) is 20.1 Å². The van der Waals surface area contributed by atoms with E-state index in [4.69, 9.17) is 0 Å². The van der Waals surface area contributed by atoms with Gasteiger partial charge in [-0.2, -0.15) is 0 Å². The van der Waals surface area contributed by atoms with E-state index in [1.165, 1.54) is 11.8 Å². The zero-order chi connectivity index (χ0) is 15.0. The molecule has 6 nitrogen and oxygen atoms in total. The monoisotopic (exact) mass is 298 g/mol. The van der Waals surface area contributed by atoms with Gasteiger partial charge in [0.2, 0.25) is 5.91 Å². The summed E-state index contributed by atoms with van der Waals surface area (Å²) >= 11 is 1.38. The Balaban J connectivity index is 1.88. The molecule has 2 N–H and O–H groups in total. The predicted molar refractivity (Wildman–Crippen MR) is 77.5 cm³/mol. The molecule has 7 heteroatoms. The number of aliphatic hydroxyl groups is 1. The van der Waals surface area contributed by atoms with Crippen LogP contribution in [0.15, 0.2) is 11.5 Å². The maximum atomic E-state index is 12.0. The van der Waals surface area contributed by atoms with Gasteiger partial charge in [-0.05, 0) is 40.5 Å². The smallest absolute Gasteiger partial charge is 0.230 e. The highest BCUT2D eigenvalue weighted by Gasteiger charge is 2.36. The number of rotatable bonds is 6. The van der Waals surface area contributed by atoms with E-state index in [-0.39, 0.29) is 11.7 Å². The molecule has 0 aromatic carbocycles. The van der Waals surface area contributed by atoms with E-state index < -0.39 is 11.1 Å². The van der Waals surface area contributed by atoms with Crippen LogP contribution in [0.2, 0.25) is 0 Å². The average molecular weight is 298 g/mol. The summed E-state index contributed by atoms with van der Waals surface area (Å²) in [5.41, 5.74) is -1.67. The third-order valence-electron chi connectivity index (χ3n) is 3.79. The van der Waals surface area contributed by atoms with Gasteiger partial charge in [0.05, 0.1) is 16.9 Å². The van der Waals surface area contributed by atoms with Gasteiger partial charge in [0.25, 0.3) is 0 Å². The molecule has 0 bridgehead atoms. The Morgan fingerprint density at radius 2 is 2.15 bits per heavy atom. The quantitative estimate of drug-likeness (QED) is 0.775. The zero-order valence-corrected chi connectivity index (χ0v) is 13.2. The summed E-state index contributed by atoms with van der Waals surface area (Å²) in [6.07, 6.45) is 4.03. The summed E-state index contributed by atoms with van der Waals surface area (Å²) in [5, 5.41) is 21.6. The molecule has 1 aromatic heterocycles. The molecular weight excluding hydrogens is 276 g/mol. The van der Waals surface area contributed by atoms with Gasteiger partial charge in [0.1, 0.15) is 6.33 Å². The molecule has 0 spiro atoms. The molecule has 112 valence electrons. The molecule has 1 amide bonds. The summed E-state index contributed by atoms with van der Waals surface area (Å²) in [6, 6.07) is 0.503. The lowest BCUT2D eigenvalue weighted by Crippen LogP contribution is -2.58. The predicted octanol–water partition coefficient (Wildman–Crippen LogP) is 1.37. The van der Waals surface area contributed by atoms with Crippen molar-refractivity contribution in [2.45, 2.75) is 62.9 Å². The molecular formula is C13H22N4O2S. The van der Waals surface area contributed by atoms with Gasteiger partial charge in [-0.25, -0.2) is 0 Å². The van der Waals surface area contributed by atoms with Crippen molar-refractivity contribution in [2.75, 3.05) is 5.75 Å². The SMILES string of the molecule is CC(C)(O)C(C)(C)NC(=O)CSc1nncn1C1CC1. The lowest BCUT2D eigenvalue weighted by atomic mass is 9.86. The van der Waals surface area contributed by atoms with Gasteiger partial charge in [0.15, 0.2) is 5.16 Å². The molecule has 1 aliphatic rings. The summed E-state index contributed by atoms with van der Waals surface area (Å²) < 4.78 is 2.03. The van der Waals surface area contributed by atoms with Crippen molar-refractivity contribution in [1.29, 1.82) is 0 Å². The number of nitrogens with zero attached hydrogens (tertiary/aromatic N) is 3. The Morgan fingerprint density at radius 3 is 2.70 bits per heavy atom. The molecule has 0 unspecified atom stereocenters. The number of carbonyl (C=O) groups excluding carboxylic acids is 1. The lowest BCUT2D eigenvalue weighted by Gasteiger charge is -2.37. The Kier molecular flexibility index (Phi) is 4.11. The number of aromatic nitrogens is 3. The summed E-state index contributed by atoms with van der Waals surface area (Å²) in [5.74, 6) is 0.151. The molecule has 1 fully saturated rings. The van der Waals surface area contributed by atoms with Crippen LogP contribution in [0.4, 0.5) is 0 Å². The van der Waals surface area contributed by atoms with Gasteiger partial charge >= 0.3 is 0 Å². The molecule has 1 saturated carbocycles. The van der Waals surface area contributed by atoms with E-state index in [0.717, 1.165) is 18.0 Å². The Bertz CT molecular complexity index is 489. The molecule has 0 atom stereocenters. The van der Waals surface area contributed by atoms with E-state index >= 15 is 0 Å². The second-order valence-electron chi connectivity index (χ2n) is 6.27. The molecule has 1 heterocycles. The minimum Gasteiger partial charge on any atom is -0.388 e. The third-order valence-corrected chi connectivity index (χ3v) is 4.75. The van der Waals surface area contributed by atoms with Crippen LogP contribution >= 0.6 is 11.8 Å². The van der Waals surface area contributed by atoms with E-state index in [1.54, 1.807) is 20.2 Å². The van der Waals surface area contributed by atoms with Crippen molar-refractivity contribution in [3.05, 3.63) is 6.33 Å². The minimum atomic E-state index is -0.985. The van der Waals surface area contributed by atoms with E-state index in [0.29, 0.717) is 6.04 Å². The summed E-state index contributed by atoms with van der Waals surface area (Å²) in [6.45, 7) is 6.98. The van der Waals surface area contributed by atoms with Crippen LogP contribution in [0.5, 0.6) is 0 Å². The van der Waals surface area contributed by atoms with Crippen LogP contribution < -0.4 is 5.32 Å². The topological polar surface area (TPSA) is 80.0 Å². The molecule has 1 aliphatic carbocycles. The lowest BCUT2D eigenvalue weighted by molar-refractivity contribution is -0.123. The van der Waals surface area contributed by atoms with Crippen molar-refractivity contribution in [3.8, 4) is 0 Å². The number of thioether (sulfide) groups is 1. The minimum absolute atomic E-state index is 0.118. The first-order chi connectivity index (χ1) is 9.21. The van der Waals surface area contributed by atoms with E-state index in [2.05, 4.69) is 15.5 Å². The number of carbonyl (C=O) groups is 1. The van der Waals surface area contributed by atoms with Crippen LogP contribution in [0.3, 0.4) is 0 Å². The maximum Gasteiger partial charge on any atom is 0.230 e. The van der Waals surface area contributed by atoms with Crippen LogP contribution in [0.1, 0.15) is 46.6 Å². The Hall–Kier alpha value is -1.08. The van der Waals surface area contributed by atoms with E-state index in [9.17, 15) is 9.90 Å². The van der Waals surface area contributed by atoms with Gasteiger partial charge in [-0.15, -0.1) is 10.2 Å². The number of nitrogens with one attached hydrogen (secondary N) is 1. The molecule has 20 heavy (non-hydrogen) atoms. The van der Waals surface area contributed by atoms with Gasteiger partial charge in [-0.1, -0.05) is 11.8 Å². The molecule has 0 aliphatic heterocycles. The van der Waals surface area contributed by atoms with E-state index in [1.807, 2.05) is 18.4 Å². The number of hydrogen-bond acceptors (Lipinski definition) is 5. The van der Waals surface area contributed by atoms with Gasteiger partial charge in [-0.3, -0.25) is 4.79 Å². The molecule has 0 saturated heterocycles. The van der Waals surface area contributed by atoms with Gasteiger partial charge in [0, 0.05) is 6.04 Å². The summed E-state index contributed by atoms with van der Waals surface area (Å²) in [4.78, 5) is 12.0. The highest BCUT2D eigenvalue weighted by molar-refractivity contribution is 7.99. The fourth-order valence-electron chi connectivity index (χ4n) is 1.61. The molecule has 0 radical (unpaired) electrons. The largest absolute Gasteiger partial charge is 0.388 e. The summed E-state index contributed by atoms with van der Waals surface area (Å²) in [7, 11) is 0. The molecule has 2 rings (SSSR count). The van der Waals surface area contributed by atoms with Gasteiger partial charge < -0.3 is 15.0 Å². The van der Waals surface area contributed by atoms with Crippen molar-refractivity contribution >= 4 is 17.7 Å². The second-order valence-corrected chi connectivity index (χ2v) is 7.22. The first kappa shape index (κ1) is 15.3. The molecule has 1 aromatic rings. The first-order valence-corrected chi connectivity index (χ1v) is 7.75. The van der Waals surface area contributed by atoms with Crippen molar-refractivity contribution in [3.63, 3.8) is 0 Å². The van der Waals surface area contributed by atoms with Crippen LogP contribution in [-0.2, 0) is 4.79 Å². The highest BCUT2D eigenvalue weighted by Crippen LogP contribution is 2.37. The Morgan fingerprint density at radius 1 is 1.50 bits per heavy atom. The first-order valence-electron chi connectivity index (χ1n) is 6.76. The zero-order valence-electron chi connectivity index (χ0n) is 12.4. The van der Waals surface area contributed by atoms with Crippen LogP contribution in [-0.4, -0.2) is 42.7 Å². The number of hydrogen-bond donors (Lipinski definition) is 2. The van der Waals surface area contributed by atoms with Crippen molar-refractivity contribution < 1.29 is 9.90 Å². The third kappa shape index (κ3) is 3.52. The Labute approximate surface area is 123 Å². The average Bonchev–Trinajstić information content (AvgIpc) is 3.04. The normalized spacial score (nSPS) is 16.2. The fraction of sp³-hybridized carbons (Fsp3) is 0.769. The fourth-order valence-corrected chi connectivity index (χ4v) is 2.39.